The molecule has 0 radical (unpaired) electrons. The van der Waals surface area contributed by atoms with Crippen LogP contribution in [0.25, 0.3) is 0 Å². The summed E-state index contributed by atoms with van der Waals surface area (Å²) in [6, 6.07) is 11.7. The highest BCUT2D eigenvalue weighted by Gasteiger charge is 2.27. The molecule has 0 bridgehead atoms. The number of hydrogen-bond donors (Lipinski definition) is 1. The van der Waals surface area contributed by atoms with Crippen molar-refractivity contribution in [2.45, 2.75) is 12.5 Å². The van der Waals surface area contributed by atoms with Crippen molar-refractivity contribution in [3.05, 3.63) is 92.9 Å². The Balaban J connectivity index is 1.88. The lowest BCUT2D eigenvalue weighted by molar-refractivity contribution is -0.121. The number of rotatable bonds is 5. The van der Waals surface area contributed by atoms with E-state index in [-0.39, 0.29) is 0 Å². The lowest BCUT2D eigenvalue weighted by Gasteiger charge is -2.18. The predicted molar refractivity (Wildman–Crippen MR) is 90.7 cm³/mol. The zero-order valence-corrected chi connectivity index (χ0v) is 14.4. The van der Waals surface area contributed by atoms with Crippen LogP contribution in [0.3, 0.4) is 0 Å². The molecule has 0 unspecified atom stereocenters. The molecular formula is C19H12F5NOS. The van der Waals surface area contributed by atoms with Gasteiger partial charge in [-0.2, -0.15) is 0 Å². The molecule has 0 aliphatic heterocycles. The number of carbonyl (C=O) groups is 1. The molecule has 27 heavy (non-hydrogen) atoms. The van der Waals surface area contributed by atoms with Gasteiger partial charge in [0.25, 0.3) is 0 Å². The fourth-order valence-corrected chi connectivity index (χ4v) is 3.40. The zero-order valence-electron chi connectivity index (χ0n) is 13.6. The first-order valence-corrected chi connectivity index (χ1v) is 8.66. The molecule has 0 aliphatic carbocycles. The quantitative estimate of drug-likeness (QED) is 0.371. The van der Waals surface area contributed by atoms with Gasteiger partial charge in [-0.05, 0) is 17.0 Å². The van der Waals surface area contributed by atoms with E-state index in [4.69, 9.17) is 0 Å². The standard InChI is InChI=1S/C19H12F5NOS/c20-14-11(15(21)17(23)18(24)16(14)22)9-13(26)25-19(12-7-4-8-27-12)10-5-2-1-3-6-10/h1-8,19H,9H2,(H,25,26)/t19-/m1/s1. The Bertz CT molecular complexity index is 931. The molecule has 2 nitrogen and oxygen atoms in total. The van der Waals surface area contributed by atoms with Gasteiger partial charge in [-0.3, -0.25) is 4.79 Å². The minimum absolute atomic E-state index is 0.611. The first-order valence-electron chi connectivity index (χ1n) is 7.78. The van der Waals surface area contributed by atoms with Gasteiger partial charge < -0.3 is 5.32 Å². The van der Waals surface area contributed by atoms with Gasteiger partial charge in [-0.1, -0.05) is 36.4 Å². The number of halogens is 5. The Hall–Kier alpha value is -2.74. The highest BCUT2D eigenvalue weighted by Crippen LogP contribution is 2.27. The molecule has 1 heterocycles. The predicted octanol–water partition coefficient (Wildman–Crippen LogP) is 4.89. The summed E-state index contributed by atoms with van der Waals surface area (Å²) in [5, 5.41) is 4.38. The number of hydrogen-bond acceptors (Lipinski definition) is 2. The van der Waals surface area contributed by atoms with Crippen LogP contribution in [-0.4, -0.2) is 5.91 Å². The second-order valence-corrected chi connectivity index (χ2v) is 6.63. The zero-order chi connectivity index (χ0) is 19.6. The van der Waals surface area contributed by atoms with Crippen LogP contribution < -0.4 is 5.32 Å². The average Bonchev–Trinajstić information content (AvgIpc) is 3.21. The van der Waals surface area contributed by atoms with Gasteiger partial charge in [0.15, 0.2) is 23.3 Å². The highest BCUT2D eigenvalue weighted by molar-refractivity contribution is 7.10. The molecule has 3 rings (SSSR count). The molecule has 2 aromatic carbocycles. The molecule has 1 N–H and O–H groups in total. The summed E-state index contributed by atoms with van der Waals surface area (Å²) in [6.07, 6.45) is -0.986. The minimum Gasteiger partial charge on any atom is -0.344 e. The lowest BCUT2D eigenvalue weighted by atomic mass is 10.0. The Kier molecular flexibility index (Phi) is 5.55. The monoisotopic (exact) mass is 397 g/mol. The van der Waals surface area contributed by atoms with Crippen molar-refractivity contribution in [2.75, 3.05) is 0 Å². The van der Waals surface area contributed by atoms with Gasteiger partial charge in [-0.15, -0.1) is 11.3 Å². The molecule has 0 fully saturated rings. The molecule has 3 aromatic rings. The molecule has 8 heteroatoms. The van der Waals surface area contributed by atoms with Crippen molar-refractivity contribution in [2.24, 2.45) is 0 Å². The SMILES string of the molecule is O=C(Cc1c(F)c(F)c(F)c(F)c1F)N[C@H](c1ccccc1)c1cccs1. The van der Waals surface area contributed by atoms with E-state index in [1.54, 1.807) is 47.8 Å². The molecule has 140 valence electrons. The molecule has 1 aromatic heterocycles. The van der Waals surface area contributed by atoms with Gasteiger partial charge in [0.05, 0.1) is 12.5 Å². The van der Waals surface area contributed by atoms with Crippen molar-refractivity contribution in [1.29, 1.82) is 0 Å². The van der Waals surface area contributed by atoms with E-state index in [2.05, 4.69) is 5.32 Å². The number of thiophene rings is 1. The van der Waals surface area contributed by atoms with E-state index in [9.17, 15) is 26.7 Å². The Morgan fingerprint density at radius 2 is 1.44 bits per heavy atom. The Labute approximate surface area is 155 Å². The van der Waals surface area contributed by atoms with Crippen LogP contribution in [-0.2, 0) is 11.2 Å². The van der Waals surface area contributed by atoms with Crippen LogP contribution in [0.2, 0.25) is 0 Å². The van der Waals surface area contributed by atoms with Crippen LogP contribution in [0.4, 0.5) is 22.0 Å². The molecule has 1 atom stereocenters. The van der Waals surface area contributed by atoms with Crippen LogP contribution in [0.5, 0.6) is 0 Å². The van der Waals surface area contributed by atoms with Gasteiger partial charge in [-0.25, -0.2) is 22.0 Å². The maximum atomic E-state index is 13.8. The first kappa shape index (κ1) is 19.0. The summed E-state index contributed by atoms with van der Waals surface area (Å²) in [6.45, 7) is 0. The van der Waals surface area contributed by atoms with Crippen molar-refractivity contribution in [3.8, 4) is 0 Å². The smallest absolute Gasteiger partial charge is 0.225 e. The number of amides is 1. The van der Waals surface area contributed by atoms with Crippen LogP contribution in [0.15, 0.2) is 47.8 Å². The third-order valence-corrected chi connectivity index (χ3v) is 4.84. The maximum absolute atomic E-state index is 13.8. The number of carbonyl (C=O) groups excluding carboxylic acids is 1. The van der Waals surface area contributed by atoms with E-state index in [1.165, 1.54) is 11.3 Å². The van der Waals surface area contributed by atoms with Crippen molar-refractivity contribution >= 4 is 17.2 Å². The average molecular weight is 397 g/mol. The summed E-state index contributed by atoms with van der Waals surface area (Å²) in [7, 11) is 0. The van der Waals surface area contributed by atoms with Crippen molar-refractivity contribution in [1.82, 2.24) is 5.32 Å². The Morgan fingerprint density at radius 3 is 2.00 bits per heavy atom. The van der Waals surface area contributed by atoms with E-state index in [1.807, 2.05) is 0 Å². The summed E-state index contributed by atoms with van der Waals surface area (Å²) in [4.78, 5) is 13.1. The molecular weight excluding hydrogens is 385 g/mol. The van der Waals surface area contributed by atoms with Gasteiger partial charge >= 0.3 is 0 Å². The third-order valence-electron chi connectivity index (χ3n) is 3.90. The van der Waals surface area contributed by atoms with Crippen molar-refractivity contribution in [3.63, 3.8) is 0 Å². The van der Waals surface area contributed by atoms with Crippen LogP contribution in [0.1, 0.15) is 22.0 Å². The largest absolute Gasteiger partial charge is 0.344 e. The van der Waals surface area contributed by atoms with E-state index in [0.29, 0.717) is 5.56 Å². The topological polar surface area (TPSA) is 29.1 Å². The molecule has 0 spiro atoms. The molecule has 0 aliphatic rings. The van der Waals surface area contributed by atoms with Gasteiger partial charge in [0.1, 0.15) is 0 Å². The summed E-state index contributed by atoms with van der Waals surface area (Å²) >= 11 is 1.35. The van der Waals surface area contributed by atoms with Crippen LogP contribution >= 0.6 is 11.3 Å². The third kappa shape index (κ3) is 3.85. The van der Waals surface area contributed by atoms with Gasteiger partial charge in [0, 0.05) is 10.4 Å². The van der Waals surface area contributed by atoms with E-state index in [0.717, 1.165) is 4.88 Å². The summed E-state index contributed by atoms with van der Waals surface area (Å²) < 4.78 is 67.3. The first-order chi connectivity index (χ1) is 12.9. The summed E-state index contributed by atoms with van der Waals surface area (Å²) in [5.74, 6) is -11.3. The van der Waals surface area contributed by atoms with Gasteiger partial charge in [0.2, 0.25) is 11.7 Å². The molecule has 0 saturated heterocycles. The Morgan fingerprint density at radius 1 is 0.852 bits per heavy atom. The lowest BCUT2D eigenvalue weighted by Crippen LogP contribution is -2.31. The molecule has 1 amide bonds. The molecule has 0 saturated carbocycles. The summed E-state index contributed by atoms with van der Waals surface area (Å²) in [5.41, 5.74) is -0.451. The van der Waals surface area contributed by atoms with Crippen LogP contribution in [0, 0.1) is 29.1 Å². The number of benzene rings is 2. The minimum atomic E-state index is -2.25. The normalized spacial score (nSPS) is 12.0. The second-order valence-electron chi connectivity index (χ2n) is 5.65. The maximum Gasteiger partial charge on any atom is 0.225 e. The van der Waals surface area contributed by atoms with E-state index >= 15 is 0 Å². The highest BCUT2D eigenvalue weighted by atomic mass is 32.1. The number of nitrogens with one attached hydrogen (secondary N) is 1. The second kappa shape index (κ2) is 7.87. The van der Waals surface area contributed by atoms with Crippen molar-refractivity contribution < 1.29 is 26.7 Å². The van der Waals surface area contributed by atoms with E-state index < -0.39 is 53.0 Å². The fraction of sp³-hybridized carbons (Fsp3) is 0.105. The fourth-order valence-electron chi connectivity index (χ4n) is 2.60.